The zero-order valence-electron chi connectivity index (χ0n) is 30.2. The third-order valence-electron chi connectivity index (χ3n) is 11.3. The Hall–Kier alpha value is -7.22. The highest BCUT2D eigenvalue weighted by molar-refractivity contribution is 6.16. The zero-order chi connectivity index (χ0) is 36.3. The predicted octanol–water partition coefficient (Wildman–Crippen LogP) is 14.9. The first-order chi connectivity index (χ1) is 27.3. The van der Waals surface area contributed by atoms with E-state index in [-0.39, 0.29) is 0 Å². The molecule has 0 bridgehead atoms. The van der Waals surface area contributed by atoms with E-state index in [2.05, 4.69) is 217 Å². The van der Waals surface area contributed by atoms with Crippen LogP contribution >= 0.6 is 0 Å². The van der Waals surface area contributed by atoms with E-state index in [1.807, 2.05) is 0 Å². The number of para-hydroxylation sites is 2. The molecule has 0 aliphatic heterocycles. The van der Waals surface area contributed by atoms with Gasteiger partial charge >= 0.3 is 0 Å². The first kappa shape index (κ1) is 31.3. The number of fused-ring (bicyclic) bond motifs is 7. The van der Waals surface area contributed by atoms with Gasteiger partial charge in [0.05, 0.1) is 11.0 Å². The van der Waals surface area contributed by atoms with Crippen molar-refractivity contribution >= 4 is 54.1 Å². The molecule has 10 aromatic carbocycles. The highest BCUT2D eigenvalue weighted by Gasteiger charge is 2.16. The van der Waals surface area contributed by atoms with E-state index in [1.54, 1.807) is 0 Å². The molecule has 0 fully saturated rings. The fraction of sp³-hybridized carbons (Fsp3) is 0. The molecule has 0 aliphatic carbocycles. The van der Waals surface area contributed by atoms with Crippen LogP contribution in [-0.4, -0.2) is 4.57 Å². The lowest BCUT2D eigenvalue weighted by Crippen LogP contribution is -1.92. The standard InChI is InChI=1S/C54H35N/c1-4-14-36(15-5-1)48-31-38-18-10-11-19-39(38)32-50(48)42-25-28-46-45-27-24-40(30-43(45)35-49(51(46)34-42)37-16-6-2-7-17-37)41-26-29-54-52(33-41)47-22-12-13-23-53(47)55(54)44-20-8-3-9-21-44/h1-35H. The summed E-state index contributed by atoms with van der Waals surface area (Å²) in [7, 11) is 0. The average molecular weight is 698 g/mol. The molecule has 1 aromatic heterocycles. The van der Waals surface area contributed by atoms with Crippen LogP contribution in [0.15, 0.2) is 212 Å². The Kier molecular flexibility index (Phi) is 7.25. The average Bonchev–Trinajstić information content (AvgIpc) is 3.60. The van der Waals surface area contributed by atoms with Gasteiger partial charge in [0.25, 0.3) is 0 Å². The monoisotopic (exact) mass is 697 g/mol. The second kappa shape index (κ2) is 12.7. The van der Waals surface area contributed by atoms with Crippen LogP contribution in [0.2, 0.25) is 0 Å². The fourth-order valence-corrected chi connectivity index (χ4v) is 8.71. The lowest BCUT2D eigenvalue weighted by molar-refractivity contribution is 1.18. The molecular weight excluding hydrogens is 663 g/mol. The van der Waals surface area contributed by atoms with Gasteiger partial charge in [-0.2, -0.15) is 0 Å². The van der Waals surface area contributed by atoms with Crippen molar-refractivity contribution in [3.05, 3.63) is 212 Å². The number of benzene rings is 10. The van der Waals surface area contributed by atoms with E-state index in [9.17, 15) is 0 Å². The molecule has 11 rings (SSSR count). The Morgan fingerprint density at radius 2 is 0.745 bits per heavy atom. The van der Waals surface area contributed by atoms with E-state index in [0.29, 0.717) is 0 Å². The first-order valence-electron chi connectivity index (χ1n) is 19.0. The van der Waals surface area contributed by atoms with Crippen LogP contribution in [0.4, 0.5) is 0 Å². The Balaban J connectivity index is 1.10. The highest BCUT2D eigenvalue weighted by Crippen LogP contribution is 2.42. The zero-order valence-corrected chi connectivity index (χ0v) is 30.2. The van der Waals surface area contributed by atoms with Crippen molar-refractivity contribution in [2.45, 2.75) is 0 Å². The summed E-state index contributed by atoms with van der Waals surface area (Å²) < 4.78 is 2.38. The van der Waals surface area contributed by atoms with Gasteiger partial charge in [-0.05, 0) is 137 Å². The molecule has 0 saturated heterocycles. The molecule has 55 heavy (non-hydrogen) atoms. The minimum atomic E-state index is 1.17. The summed E-state index contributed by atoms with van der Waals surface area (Å²) in [5.41, 5.74) is 13.4. The number of aromatic nitrogens is 1. The molecule has 0 radical (unpaired) electrons. The van der Waals surface area contributed by atoms with Crippen molar-refractivity contribution in [2.75, 3.05) is 0 Å². The van der Waals surface area contributed by atoms with Gasteiger partial charge in [0.15, 0.2) is 0 Å². The first-order valence-corrected chi connectivity index (χ1v) is 19.0. The summed E-state index contributed by atoms with van der Waals surface area (Å²) in [6.45, 7) is 0. The maximum absolute atomic E-state index is 2.41. The lowest BCUT2D eigenvalue weighted by atomic mass is 9.87. The molecule has 1 nitrogen and oxygen atoms in total. The van der Waals surface area contributed by atoms with Gasteiger partial charge in [0, 0.05) is 16.5 Å². The van der Waals surface area contributed by atoms with Crippen molar-refractivity contribution in [3.63, 3.8) is 0 Å². The fourth-order valence-electron chi connectivity index (χ4n) is 8.71. The summed E-state index contributed by atoms with van der Waals surface area (Å²) in [6, 6.07) is 77.8. The topological polar surface area (TPSA) is 4.93 Å². The minimum absolute atomic E-state index is 1.17. The second-order valence-corrected chi connectivity index (χ2v) is 14.5. The summed E-state index contributed by atoms with van der Waals surface area (Å²) in [5.74, 6) is 0. The van der Waals surface area contributed by atoms with Gasteiger partial charge in [0.1, 0.15) is 0 Å². The van der Waals surface area contributed by atoms with Crippen LogP contribution in [0.25, 0.3) is 104 Å². The lowest BCUT2D eigenvalue weighted by Gasteiger charge is -2.16. The molecule has 0 saturated carbocycles. The summed E-state index contributed by atoms with van der Waals surface area (Å²) in [6.07, 6.45) is 0. The SMILES string of the molecule is c1ccc(-c2cc3ccccc3cc2-c2ccc3c(c2)c(-c2ccccc2)cc2cc(-c4ccc5c(c4)c4ccccc4n5-c4ccccc4)ccc23)cc1. The summed E-state index contributed by atoms with van der Waals surface area (Å²) in [4.78, 5) is 0. The Labute approximate surface area is 320 Å². The summed E-state index contributed by atoms with van der Waals surface area (Å²) >= 11 is 0. The molecule has 0 aliphatic rings. The smallest absolute Gasteiger partial charge is 0.0541 e. The molecule has 0 spiro atoms. The van der Waals surface area contributed by atoms with E-state index < -0.39 is 0 Å². The second-order valence-electron chi connectivity index (χ2n) is 14.5. The predicted molar refractivity (Wildman–Crippen MR) is 235 cm³/mol. The quantitative estimate of drug-likeness (QED) is 0.158. The van der Waals surface area contributed by atoms with Crippen molar-refractivity contribution < 1.29 is 0 Å². The Bertz CT molecular complexity index is 3230. The molecule has 1 heteroatoms. The number of hydrogen-bond acceptors (Lipinski definition) is 0. The van der Waals surface area contributed by atoms with Crippen LogP contribution < -0.4 is 0 Å². The molecule has 1 heterocycles. The van der Waals surface area contributed by atoms with Crippen molar-refractivity contribution in [3.8, 4) is 50.2 Å². The molecular formula is C54H35N. The van der Waals surface area contributed by atoms with Gasteiger partial charge in [-0.1, -0.05) is 152 Å². The van der Waals surface area contributed by atoms with Crippen molar-refractivity contribution in [2.24, 2.45) is 0 Å². The van der Waals surface area contributed by atoms with Crippen LogP contribution in [-0.2, 0) is 0 Å². The molecule has 0 N–H and O–H groups in total. The molecule has 0 atom stereocenters. The van der Waals surface area contributed by atoms with E-state index >= 15 is 0 Å². The van der Waals surface area contributed by atoms with Crippen molar-refractivity contribution in [1.82, 2.24) is 4.57 Å². The van der Waals surface area contributed by atoms with Crippen LogP contribution in [0.5, 0.6) is 0 Å². The van der Waals surface area contributed by atoms with E-state index in [4.69, 9.17) is 0 Å². The summed E-state index contributed by atoms with van der Waals surface area (Å²) in [5, 5.41) is 10.0. The van der Waals surface area contributed by atoms with Crippen molar-refractivity contribution in [1.29, 1.82) is 0 Å². The normalized spacial score (nSPS) is 11.6. The third kappa shape index (κ3) is 5.24. The third-order valence-corrected chi connectivity index (χ3v) is 11.3. The van der Waals surface area contributed by atoms with Crippen LogP contribution in [0.1, 0.15) is 0 Å². The Morgan fingerprint density at radius 1 is 0.236 bits per heavy atom. The molecule has 0 amide bonds. The molecule has 256 valence electrons. The number of nitrogens with zero attached hydrogens (tertiary/aromatic N) is 1. The van der Waals surface area contributed by atoms with Gasteiger partial charge in [0.2, 0.25) is 0 Å². The number of hydrogen-bond donors (Lipinski definition) is 0. The van der Waals surface area contributed by atoms with Gasteiger partial charge in [-0.15, -0.1) is 0 Å². The Morgan fingerprint density at radius 3 is 1.49 bits per heavy atom. The van der Waals surface area contributed by atoms with E-state index in [0.717, 1.165) is 0 Å². The van der Waals surface area contributed by atoms with Gasteiger partial charge in [-0.25, -0.2) is 0 Å². The molecule has 11 aromatic rings. The number of rotatable bonds is 5. The minimum Gasteiger partial charge on any atom is -0.309 e. The van der Waals surface area contributed by atoms with Crippen LogP contribution in [0, 0.1) is 0 Å². The maximum atomic E-state index is 2.41. The van der Waals surface area contributed by atoms with Gasteiger partial charge < -0.3 is 4.57 Å². The van der Waals surface area contributed by atoms with E-state index in [1.165, 1.54) is 104 Å². The maximum Gasteiger partial charge on any atom is 0.0541 e. The van der Waals surface area contributed by atoms with Gasteiger partial charge in [-0.3, -0.25) is 0 Å². The largest absolute Gasteiger partial charge is 0.309 e. The highest BCUT2D eigenvalue weighted by atomic mass is 15.0. The molecule has 0 unspecified atom stereocenters. The van der Waals surface area contributed by atoms with Crippen LogP contribution in [0.3, 0.4) is 0 Å².